The molecular weight excluding hydrogens is 284 g/mol. The lowest BCUT2D eigenvalue weighted by Crippen LogP contribution is -1.86. The van der Waals surface area contributed by atoms with Crippen molar-refractivity contribution in [3.05, 3.63) is 81.3 Å². The lowest BCUT2D eigenvalue weighted by Gasteiger charge is -1.97. The summed E-state index contributed by atoms with van der Waals surface area (Å²) in [5.41, 5.74) is 2.25. The highest BCUT2D eigenvalue weighted by molar-refractivity contribution is 7.15. The number of hydrogen-bond donors (Lipinski definition) is 0. The van der Waals surface area contributed by atoms with Crippen molar-refractivity contribution in [3.8, 4) is 10.6 Å². The standard InChI is InChI=1S/C16H12N2O2S/c19-18(20)14-8-6-13(7-9-14)16-17-11-15(21-16)10-12-4-2-1-3-5-12/h1-9,11H,10H2. The average molecular weight is 296 g/mol. The van der Waals surface area contributed by atoms with Gasteiger partial charge in [0.1, 0.15) is 5.01 Å². The Kier molecular flexibility index (Phi) is 3.75. The summed E-state index contributed by atoms with van der Waals surface area (Å²) < 4.78 is 0. The van der Waals surface area contributed by atoms with Crippen LogP contribution in [0.5, 0.6) is 0 Å². The molecule has 0 radical (unpaired) electrons. The van der Waals surface area contributed by atoms with E-state index in [2.05, 4.69) is 17.1 Å². The molecule has 1 heterocycles. The van der Waals surface area contributed by atoms with Crippen molar-refractivity contribution < 1.29 is 4.92 Å². The van der Waals surface area contributed by atoms with Gasteiger partial charge in [0.2, 0.25) is 0 Å². The number of nitrogens with zero attached hydrogens (tertiary/aromatic N) is 2. The SMILES string of the molecule is O=[N+]([O-])c1ccc(-c2ncc(Cc3ccccc3)s2)cc1. The average Bonchev–Trinajstić information content (AvgIpc) is 2.97. The minimum atomic E-state index is -0.396. The minimum Gasteiger partial charge on any atom is -0.258 e. The van der Waals surface area contributed by atoms with Crippen LogP contribution in [0.1, 0.15) is 10.4 Å². The number of nitro groups is 1. The molecule has 0 saturated carbocycles. The predicted octanol–water partition coefficient (Wildman–Crippen LogP) is 4.31. The van der Waals surface area contributed by atoms with Crippen LogP contribution in [0.4, 0.5) is 5.69 Å². The van der Waals surface area contributed by atoms with Crippen LogP contribution in [-0.4, -0.2) is 9.91 Å². The van der Waals surface area contributed by atoms with Gasteiger partial charge in [0, 0.05) is 35.2 Å². The van der Waals surface area contributed by atoms with E-state index in [0.717, 1.165) is 17.0 Å². The second-order valence-corrected chi connectivity index (χ2v) is 5.71. The molecule has 5 heteroatoms. The van der Waals surface area contributed by atoms with E-state index in [1.165, 1.54) is 22.6 Å². The number of aromatic nitrogens is 1. The molecule has 0 aliphatic heterocycles. The van der Waals surface area contributed by atoms with Crippen molar-refractivity contribution in [2.24, 2.45) is 0 Å². The van der Waals surface area contributed by atoms with Gasteiger partial charge in [0.05, 0.1) is 4.92 Å². The molecule has 4 nitrogen and oxygen atoms in total. The van der Waals surface area contributed by atoms with Gasteiger partial charge < -0.3 is 0 Å². The van der Waals surface area contributed by atoms with E-state index in [-0.39, 0.29) is 5.69 Å². The molecule has 21 heavy (non-hydrogen) atoms. The van der Waals surface area contributed by atoms with Gasteiger partial charge in [-0.2, -0.15) is 0 Å². The van der Waals surface area contributed by atoms with Crippen LogP contribution in [0.25, 0.3) is 10.6 Å². The Bertz CT molecular complexity index is 751. The lowest BCUT2D eigenvalue weighted by atomic mass is 10.1. The Hall–Kier alpha value is -2.53. The third kappa shape index (κ3) is 3.14. The van der Waals surface area contributed by atoms with Crippen molar-refractivity contribution >= 4 is 17.0 Å². The van der Waals surface area contributed by atoms with Crippen molar-refractivity contribution in [2.75, 3.05) is 0 Å². The van der Waals surface area contributed by atoms with E-state index in [9.17, 15) is 10.1 Å². The molecule has 0 aliphatic rings. The molecular formula is C16H12N2O2S. The van der Waals surface area contributed by atoms with Crippen LogP contribution in [0.15, 0.2) is 60.8 Å². The molecule has 0 fully saturated rings. The number of benzene rings is 2. The van der Waals surface area contributed by atoms with Crippen LogP contribution < -0.4 is 0 Å². The quantitative estimate of drug-likeness (QED) is 0.532. The maximum atomic E-state index is 10.6. The molecule has 0 N–H and O–H groups in total. The molecule has 0 atom stereocenters. The number of nitro benzene ring substituents is 1. The smallest absolute Gasteiger partial charge is 0.258 e. The maximum Gasteiger partial charge on any atom is 0.269 e. The molecule has 104 valence electrons. The van der Waals surface area contributed by atoms with Gasteiger partial charge in [0.25, 0.3) is 5.69 Å². The number of hydrogen-bond acceptors (Lipinski definition) is 4. The van der Waals surface area contributed by atoms with E-state index in [4.69, 9.17) is 0 Å². The Morgan fingerprint density at radius 2 is 1.76 bits per heavy atom. The normalized spacial score (nSPS) is 10.5. The van der Waals surface area contributed by atoms with Gasteiger partial charge in [0.15, 0.2) is 0 Å². The summed E-state index contributed by atoms with van der Waals surface area (Å²) in [5, 5.41) is 11.5. The molecule has 0 bridgehead atoms. The highest BCUT2D eigenvalue weighted by Gasteiger charge is 2.08. The molecule has 3 aromatic rings. The Morgan fingerprint density at radius 1 is 1.05 bits per heavy atom. The van der Waals surface area contributed by atoms with Gasteiger partial charge in [-0.05, 0) is 17.7 Å². The van der Waals surface area contributed by atoms with E-state index in [1.54, 1.807) is 23.5 Å². The summed E-state index contributed by atoms with van der Waals surface area (Å²) in [4.78, 5) is 15.8. The fraction of sp³-hybridized carbons (Fsp3) is 0.0625. The van der Waals surface area contributed by atoms with E-state index >= 15 is 0 Å². The van der Waals surface area contributed by atoms with Crippen molar-refractivity contribution in [2.45, 2.75) is 6.42 Å². The van der Waals surface area contributed by atoms with Gasteiger partial charge in [-0.15, -0.1) is 11.3 Å². The zero-order valence-corrected chi connectivity index (χ0v) is 11.9. The topological polar surface area (TPSA) is 56.0 Å². The summed E-state index contributed by atoms with van der Waals surface area (Å²) >= 11 is 1.61. The van der Waals surface area contributed by atoms with Gasteiger partial charge in [-0.1, -0.05) is 30.3 Å². The highest BCUT2D eigenvalue weighted by Crippen LogP contribution is 2.28. The Labute approximate surface area is 125 Å². The van der Waals surface area contributed by atoms with Crippen LogP contribution in [0.3, 0.4) is 0 Å². The first-order valence-corrected chi connectivity index (χ1v) is 7.27. The predicted molar refractivity (Wildman–Crippen MR) is 83.5 cm³/mol. The molecule has 3 rings (SSSR count). The summed E-state index contributed by atoms with van der Waals surface area (Å²) in [6.07, 6.45) is 2.72. The van der Waals surface area contributed by atoms with Crippen molar-refractivity contribution in [1.82, 2.24) is 4.98 Å². The third-order valence-corrected chi connectivity index (χ3v) is 4.15. The minimum absolute atomic E-state index is 0.0971. The van der Waals surface area contributed by atoms with Gasteiger partial charge in [-0.3, -0.25) is 10.1 Å². The second-order valence-electron chi connectivity index (χ2n) is 4.60. The molecule has 1 aromatic heterocycles. The Balaban J connectivity index is 1.80. The summed E-state index contributed by atoms with van der Waals surface area (Å²) in [6.45, 7) is 0. The lowest BCUT2D eigenvalue weighted by molar-refractivity contribution is -0.384. The molecule has 0 aliphatic carbocycles. The van der Waals surface area contributed by atoms with Crippen LogP contribution in [-0.2, 0) is 6.42 Å². The summed E-state index contributed by atoms with van der Waals surface area (Å²) in [6, 6.07) is 16.7. The first kappa shape index (κ1) is 13.5. The highest BCUT2D eigenvalue weighted by atomic mass is 32.1. The fourth-order valence-electron chi connectivity index (χ4n) is 2.05. The maximum absolute atomic E-state index is 10.6. The van der Waals surface area contributed by atoms with Gasteiger partial charge in [-0.25, -0.2) is 4.98 Å². The number of rotatable bonds is 4. The van der Waals surface area contributed by atoms with Gasteiger partial charge >= 0.3 is 0 Å². The first-order valence-electron chi connectivity index (χ1n) is 6.46. The van der Waals surface area contributed by atoms with Crippen molar-refractivity contribution in [1.29, 1.82) is 0 Å². The number of thiazole rings is 1. The Morgan fingerprint density at radius 3 is 2.43 bits per heavy atom. The van der Waals surface area contributed by atoms with Crippen molar-refractivity contribution in [3.63, 3.8) is 0 Å². The summed E-state index contributed by atoms with van der Waals surface area (Å²) in [5.74, 6) is 0. The zero-order chi connectivity index (χ0) is 14.7. The molecule has 0 amide bonds. The zero-order valence-electron chi connectivity index (χ0n) is 11.1. The fourth-order valence-corrected chi connectivity index (χ4v) is 3.00. The number of non-ortho nitro benzene ring substituents is 1. The second kappa shape index (κ2) is 5.85. The first-order chi connectivity index (χ1) is 10.2. The van der Waals surface area contributed by atoms with Crippen LogP contribution in [0, 0.1) is 10.1 Å². The monoisotopic (exact) mass is 296 g/mol. The molecule has 2 aromatic carbocycles. The summed E-state index contributed by atoms with van der Waals surface area (Å²) in [7, 11) is 0. The van der Waals surface area contributed by atoms with E-state index < -0.39 is 4.92 Å². The molecule has 0 unspecified atom stereocenters. The van der Waals surface area contributed by atoms with Crippen LogP contribution >= 0.6 is 11.3 Å². The third-order valence-electron chi connectivity index (χ3n) is 3.10. The van der Waals surface area contributed by atoms with E-state index in [0.29, 0.717) is 0 Å². The molecule has 0 spiro atoms. The van der Waals surface area contributed by atoms with Crippen LogP contribution in [0.2, 0.25) is 0 Å². The van der Waals surface area contributed by atoms with E-state index in [1.807, 2.05) is 24.4 Å². The largest absolute Gasteiger partial charge is 0.269 e. The molecule has 0 saturated heterocycles.